The lowest BCUT2D eigenvalue weighted by Gasteiger charge is -2.40. The highest BCUT2D eigenvalue weighted by Crippen LogP contribution is 2.46. The van der Waals surface area contributed by atoms with Crippen LogP contribution < -0.4 is 5.90 Å². The standard InChI is InChI=1S/C13H27B2FNOP/c1-4-6-7-12(14,15)8-11(3,10-18-17)9-13(16,19)5-2/h4-10,17,19H2,1-3H3. The van der Waals surface area contributed by atoms with Crippen LogP contribution in [0.4, 0.5) is 4.39 Å². The summed E-state index contributed by atoms with van der Waals surface area (Å²) in [7, 11) is 14.5. The zero-order valence-corrected chi connectivity index (χ0v) is 13.7. The number of hydrogen-bond donors (Lipinski definition) is 1. The minimum Gasteiger partial charge on any atom is -0.304 e. The quantitative estimate of drug-likeness (QED) is 0.380. The lowest BCUT2D eigenvalue weighted by atomic mass is 9.47. The van der Waals surface area contributed by atoms with Gasteiger partial charge in [-0.2, -0.15) is 0 Å². The SMILES string of the molecule is [B]C([B])(CCCC)CC(C)(CON)CC(F)(P)CC. The molecule has 0 aromatic carbocycles. The van der Waals surface area contributed by atoms with Crippen LogP contribution in [-0.2, 0) is 4.84 Å². The smallest absolute Gasteiger partial charge is 0.124 e. The van der Waals surface area contributed by atoms with E-state index in [4.69, 9.17) is 26.4 Å². The second-order valence-electron chi connectivity index (χ2n) is 6.20. The van der Waals surface area contributed by atoms with Crippen LogP contribution in [0.15, 0.2) is 0 Å². The first-order valence-electron chi connectivity index (χ1n) is 6.97. The number of rotatable bonds is 10. The van der Waals surface area contributed by atoms with Crippen LogP contribution in [0.2, 0.25) is 5.21 Å². The molecule has 0 aliphatic rings. The van der Waals surface area contributed by atoms with Gasteiger partial charge in [-0.3, -0.25) is 0 Å². The van der Waals surface area contributed by atoms with Crippen molar-refractivity contribution >= 4 is 24.9 Å². The van der Waals surface area contributed by atoms with Crippen molar-refractivity contribution in [3.05, 3.63) is 0 Å². The van der Waals surface area contributed by atoms with Crippen molar-refractivity contribution < 1.29 is 9.23 Å². The van der Waals surface area contributed by atoms with Crippen LogP contribution >= 0.6 is 9.24 Å². The van der Waals surface area contributed by atoms with Crippen LogP contribution in [0.3, 0.4) is 0 Å². The Balaban J connectivity index is 4.78. The molecule has 0 heterocycles. The average Bonchev–Trinajstić information content (AvgIpc) is 2.24. The molecule has 0 rings (SSSR count). The second-order valence-corrected chi connectivity index (χ2v) is 7.23. The van der Waals surface area contributed by atoms with Gasteiger partial charge in [0.1, 0.15) is 5.41 Å². The largest absolute Gasteiger partial charge is 0.304 e. The van der Waals surface area contributed by atoms with E-state index in [-0.39, 0.29) is 6.61 Å². The normalized spacial score (nSPS) is 18.8. The Bertz CT molecular complexity index is 267. The average molecular weight is 285 g/mol. The molecule has 4 radical (unpaired) electrons. The third-order valence-corrected chi connectivity index (χ3v) is 4.10. The molecule has 0 amide bonds. The van der Waals surface area contributed by atoms with Gasteiger partial charge in [0.2, 0.25) is 0 Å². The van der Waals surface area contributed by atoms with Crippen molar-refractivity contribution in [2.45, 2.75) is 69.9 Å². The van der Waals surface area contributed by atoms with E-state index in [0.717, 1.165) is 12.8 Å². The van der Waals surface area contributed by atoms with E-state index in [1.807, 2.05) is 13.8 Å². The van der Waals surface area contributed by atoms with Gasteiger partial charge >= 0.3 is 0 Å². The number of hydrogen-bond acceptors (Lipinski definition) is 2. The van der Waals surface area contributed by atoms with Crippen molar-refractivity contribution in [2.75, 3.05) is 6.61 Å². The van der Waals surface area contributed by atoms with Crippen LogP contribution in [0.1, 0.15) is 59.3 Å². The number of halogens is 1. The Morgan fingerprint density at radius 2 is 1.84 bits per heavy atom. The monoisotopic (exact) mass is 285 g/mol. The van der Waals surface area contributed by atoms with E-state index < -0.39 is 16.0 Å². The molecule has 0 aromatic heterocycles. The summed E-state index contributed by atoms with van der Waals surface area (Å²) in [4.78, 5) is 4.76. The second kappa shape index (κ2) is 8.00. The summed E-state index contributed by atoms with van der Waals surface area (Å²) in [6.07, 6.45) is 3.91. The molecule has 0 spiro atoms. The molecule has 0 saturated heterocycles. The Kier molecular flexibility index (Phi) is 8.17. The van der Waals surface area contributed by atoms with Gasteiger partial charge in [0.05, 0.1) is 22.3 Å². The molecule has 2 N–H and O–H groups in total. The third-order valence-electron chi connectivity index (χ3n) is 3.49. The number of alkyl halides is 1. The fourth-order valence-electron chi connectivity index (χ4n) is 2.59. The van der Waals surface area contributed by atoms with E-state index in [0.29, 0.717) is 25.7 Å². The predicted molar refractivity (Wildman–Crippen MR) is 85.0 cm³/mol. The molecule has 0 fully saturated rings. The first-order chi connectivity index (χ1) is 8.60. The van der Waals surface area contributed by atoms with Crippen molar-refractivity contribution in [1.82, 2.24) is 0 Å². The minimum atomic E-state index is -1.34. The van der Waals surface area contributed by atoms with Gasteiger partial charge in [-0.1, -0.05) is 60.9 Å². The maximum atomic E-state index is 14.3. The van der Waals surface area contributed by atoms with Crippen molar-refractivity contribution in [3.8, 4) is 0 Å². The Morgan fingerprint density at radius 1 is 1.26 bits per heavy atom. The molecule has 19 heavy (non-hydrogen) atoms. The van der Waals surface area contributed by atoms with E-state index in [2.05, 4.69) is 16.2 Å². The molecule has 2 nitrogen and oxygen atoms in total. The summed E-state index contributed by atoms with van der Waals surface area (Å²) in [5.41, 5.74) is -0.474. The van der Waals surface area contributed by atoms with Gasteiger partial charge in [-0.05, 0) is 18.3 Å². The summed E-state index contributed by atoms with van der Waals surface area (Å²) in [6, 6.07) is 0. The molecule has 0 aliphatic heterocycles. The zero-order valence-electron chi connectivity index (χ0n) is 12.5. The van der Waals surface area contributed by atoms with E-state index in [1.165, 1.54) is 0 Å². The van der Waals surface area contributed by atoms with E-state index >= 15 is 0 Å². The summed E-state index contributed by atoms with van der Waals surface area (Å²) >= 11 is 0. The molecule has 0 aromatic rings. The molecule has 3 atom stereocenters. The van der Waals surface area contributed by atoms with E-state index in [1.54, 1.807) is 0 Å². The molecular formula is C13H27B2FNOP. The maximum absolute atomic E-state index is 14.3. The molecule has 0 saturated carbocycles. The highest BCUT2D eigenvalue weighted by atomic mass is 31.0. The van der Waals surface area contributed by atoms with Gasteiger partial charge < -0.3 is 4.84 Å². The van der Waals surface area contributed by atoms with Gasteiger partial charge in [0.15, 0.2) is 0 Å². The number of nitrogens with two attached hydrogens (primary N) is 1. The van der Waals surface area contributed by atoms with E-state index in [9.17, 15) is 4.39 Å². The molecule has 0 bridgehead atoms. The first kappa shape index (κ1) is 19.4. The topological polar surface area (TPSA) is 35.2 Å². The lowest BCUT2D eigenvalue weighted by molar-refractivity contribution is 0.0181. The summed E-state index contributed by atoms with van der Waals surface area (Å²) in [6.45, 7) is 6.07. The molecule has 108 valence electrons. The van der Waals surface area contributed by atoms with Gasteiger partial charge in [0, 0.05) is 0 Å². The molecular weight excluding hydrogens is 258 g/mol. The van der Waals surface area contributed by atoms with Gasteiger partial charge in [-0.15, -0.1) is 0 Å². The summed E-state index contributed by atoms with van der Waals surface area (Å²) in [5.74, 6) is 5.18. The Labute approximate surface area is 122 Å². The first-order valence-corrected chi connectivity index (χ1v) is 7.55. The van der Waals surface area contributed by atoms with Crippen LogP contribution in [-0.4, -0.2) is 27.7 Å². The third kappa shape index (κ3) is 8.32. The minimum absolute atomic E-state index is 0.245. The van der Waals surface area contributed by atoms with Crippen molar-refractivity contribution in [1.29, 1.82) is 0 Å². The predicted octanol–water partition coefficient (Wildman–Crippen LogP) is 3.26. The highest BCUT2D eigenvalue weighted by Gasteiger charge is 2.38. The van der Waals surface area contributed by atoms with Crippen LogP contribution in [0.5, 0.6) is 0 Å². The molecule has 6 heteroatoms. The Hall–Kier alpha value is 0.410. The number of unbranched alkanes of at least 4 members (excludes halogenated alkanes) is 1. The zero-order chi connectivity index (χ0) is 15.2. The lowest BCUT2D eigenvalue weighted by Crippen LogP contribution is -2.36. The molecule has 3 unspecified atom stereocenters. The van der Waals surface area contributed by atoms with Crippen molar-refractivity contribution in [2.24, 2.45) is 11.3 Å². The Morgan fingerprint density at radius 3 is 2.26 bits per heavy atom. The van der Waals surface area contributed by atoms with Crippen LogP contribution in [0, 0.1) is 5.41 Å². The highest BCUT2D eigenvalue weighted by molar-refractivity contribution is 7.18. The van der Waals surface area contributed by atoms with Crippen LogP contribution in [0.25, 0.3) is 0 Å². The fourth-order valence-corrected chi connectivity index (χ4v) is 3.08. The maximum Gasteiger partial charge on any atom is 0.124 e. The van der Waals surface area contributed by atoms with Crippen molar-refractivity contribution in [3.63, 3.8) is 0 Å². The van der Waals surface area contributed by atoms with Gasteiger partial charge in [0.25, 0.3) is 0 Å². The molecule has 0 aliphatic carbocycles. The van der Waals surface area contributed by atoms with Gasteiger partial charge in [-0.25, -0.2) is 10.3 Å². The summed E-state index contributed by atoms with van der Waals surface area (Å²) < 4.78 is 14.3. The fraction of sp³-hybridized carbons (Fsp3) is 1.00. The summed E-state index contributed by atoms with van der Waals surface area (Å²) in [5, 5.41) is -2.15.